The Kier molecular flexibility index (Phi) is 7.67. The highest BCUT2D eigenvalue weighted by atomic mass is 32.2. The third-order valence-corrected chi connectivity index (χ3v) is 7.41. The Morgan fingerprint density at radius 3 is 2.27 bits per heavy atom. The monoisotopic (exact) mass is 535 g/mol. The first kappa shape index (κ1) is 26.0. The first-order chi connectivity index (χ1) is 17.6. The van der Waals surface area contributed by atoms with Gasteiger partial charge in [0.1, 0.15) is 11.5 Å². The van der Waals surface area contributed by atoms with Gasteiger partial charge in [0.2, 0.25) is 10.0 Å². The van der Waals surface area contributed by atoms with Gasteiger partial charge in [-0.1, -0.05) is 72.4 Å². The van der Waals surface area contributed by atoms with Crippen LogP contribution in [0.25, 0.3) is 16.8 Å². The summed E-state index contributed by atoms with van der Waals surface area (Å²) in [5.41, 5.74) is 16.8. The molecule has 1 unspecified atom stereocenters. The van der Waals surface area contributed by atoms with E-state index in [0.29, 0.717) is 11.3 Å². The van der Waals surface area contributed by atoms with Gasteiger partial charge >= 0.3 is 5.97 Å². The van der Waals surface area contributed by atoms with E-state index in [4.69, 9.17) is 16.6 Å². The average Bonchev–Trinajstić information content (AvgIpc) is 3.36. The fourth-order valence-corrected chi connectivity index (χ4v) is 5.03. The molecule has 190 valence electrons. The molecule has 11 heteroatoms. The molecule has 8 N–H and O–H groups in total. The molecule has 0 spiro atoms. The van der Waals surface area contributed by atoms with Crippen LogP contribution in [0.1, 0.15) is 11.1 Å². The van der Waals surface area contributed by atoms with Crippen molar-refractivity contribution in [3.05, 3.63) is 107 Å². The average molecular weight is 536 g/mol. The summed E-state index contributed by atoms with van der Waals surface area (Å²) in [6, 6.07) is 23.6. The Labute approximate surface area is 218 Å². The fourth-order valence-electron chi connectivity index (χ4n) is 3.71. The molecule has 0 saturated carbocycles. The Balaban J connectivity index is 1.73. The Hall–Kier alpha value is -4.06. The molecule has 0 radical (unpaired) electrons. The van der Waals surface area contributed by atoms with Gasteiger partial charge in [0.15, 0.2) is 5.50 Å². The number of aliphatic imine (C=N–C) groups is 1. The lowest BCUT2D eigenvalue weighted by molar-refractivity contribution is -0.133. The molecule has 1 heterocycles. The number of hydrogen-bond donors (Lipinski definition) is 5. The van der Waals surface area contributed by atoms with Gasteiger partial charge in [-0.15, -0.1) is 0 Å². The largest absolute Gasteiger partial charge is 0.477 e. The highest BCUT2D eigenvalue weighted by molar-refractivity contribution is 8.03. The summed E-state index contributed by atoms with van der Waals surface area (Å²) < 4.78 is 23.3. The smallest absolute Gasteiger partial charge is 0.352 e. The van der Waals surface area contributed by atoms with Crippen LogP contribution in [0.2, 0.25) is 0 Å². The minimum Gasteiger partial charge on any atom is -0.477 e. The van der Waals surface area contributed by atoms with Crippen molar-refractivity contribution < 1.29 is 18.3 Å². The van der Waals surface area contributed by atoms with E-state index in [1.165, 1.54) is 29.3 Å². The highest BCUT2D eigenvalue weighted by Crippen LogP contribution is 2.27. The van der Waals surface area contributed by atoms with Gasteiger partial charge in [-0.05, 0) is 40.5 Å². The van der Waals surface area contributed by atoms with E-state index in [1.807, 2.05) is 54.6 Å². The quantitative estimate of drug-likeness (QED) is 0.216. The van der Waals surface area contributed by atoms with Crippen LogP contribution in [0, 0.1) is 0 Å². The van der Waals surface area contributed by atoms with Crippen LogP contribution < -0.4 is 21.9 Å². The van der Waals surface area contributed by atoms with Gasteiger partial charge in [-0.3, -0.25) is 0 Å². The van der Waals surface area contributed by atoms with Crippen molar-refractivity contribution in [1.29, 1.82) is 0 Å². The molecule has 1 aliphatic heterocycles. The maximum Gasteiger partial charge on any atom is 0.352 e. The van der Waals surface area contributed by atoms with Crippen molar-refractivity contribution >= 4 is 39.3 Å². The molecule has 1 atom stereocenters. The van der Waals surface area contributed by atoms with Crippen LogP contribution in [0.15, 0.2) is 105 Å². The van der Waals surface area contributed by atoms with Crippen molar-refractivity contribution in [2.45, 2.75) is 16.8 Å². The predicted molar refractivity (Wildman–Crippen MR) is 146 cm³/mol. The third-order valence-electron chi connectivity index (χ3n) is 5.63. The Morgan fingerprint density at radius 1 is 0.973 bits per heavy atom. The molecular formula is C26H25N5O4S2. The zero-order chi connectivity index (χ0) is 26.6. The summed E-state index contributed by atoms with van der Waals surface area (Å²) in [5, 5.41) is 18.7. The molecule has 3 aromatic rings. The first-order valence-electron chi connectivity index (χ1n) is 11.1. The van der Waals surface area contributed by atoms with Crippen molar-refractivity contribution in [3.63, 3.8) is 0 Å². The molecule has 0 amide bonds. The van der Waals surface area contributed by atoms with E-state index in [-0.39, 0.29) is 22.8 Å². The van der Waals surface area contributed by atoms with Crippen molar-refractivity contribution in [2.24, 2.45) is 21.6 Å². The number of nitrogens with zero attached hydrogens (tertiary/aromatic N) is 1. The number of carboxylic acid groups (broad SMARTS) is 1. The number of benzene rings is 3. The van der Waals surface area contributed by atoms with E-state index in [2.05, 4.69) is 10.3 Å². The first-order valence-corrected chi connectivity index (χ1v) is 13.6. The standard InChI is InChI=1S/C26H25N5O4S2/c27-23(19-8-4-7-18(14-19)17-5-2-1-3-6-17)21(13-16-9-11-20(12-10-16)37(29,34)35)24(28)31-26-30-22(15-36-26)25(32)33/h1-12,14-15,26,30H,13,27H2,(H2,28,31)(H,32,33)(H2,29,34,35). The van der Waals surface area contributed by atoms with E-state index >= 15 is 0 Å². The summed E-state index contributed by atoms with van der Waals surface area (Å²) in [5.74, 6) is -0.963. The molecule has 37 heavy (non-hydrogen) atoms. The number of nitrogens with two attached hydrogens (primary N) is 3. The highest BCUT2D eigenvalue weighted by Gasteiger charge is 2.22. The Morgan fingerprint density at radius 2 is 1.65 bits per heavy atom. The molecule has 4 rings (SSSR count). The van der Waals surface area contributed by atoms with Crippen LogP contribution in [0.4, 0.5) is 0 Å². The third kappa shape index (κ3) is 6.39. The van der Waals surface area contributed by atoms with Crippen LogP contribution in [-0.2, 0) is 21.2 Å². The molecule has 0 aromatic heterocycles. The number of rotatable bonds is 8. The number of aliphatic carboxylic acids is 1. The number of nitrogens with one attached hydrogen (secondary N) is 1. The maximum atomic E-state index is 11.6. The lowest BCUT2D eigenvalue weighted by Gasteiger charge is -2.16. The van der Waals surface area contributed by atoms with Crippen molar-refractivity contribution in [1.82, 2.24) is 5.32 Å². The second-order valence-corrected chi connectivity index (χ2v) is 10.7. The van der Waals surface area contributed by atoms with Crippen LogP contribution >= 0.6 is 11.8 Å². The van der Waals surface area contributed by atoms with Gasteiger partial charge in [0, 0.05) is 23.1 Å². The van der Waals surface area contributed by atoms with Crippen LogP contribution in [0.3, 0.4) is 0 Å². The number of amidine groups is 1. The maximum absolute atomic E-state index is 11.6. The predicted octanol–water partition coefficient (Wildman–Crippen LogP) is 2.82. The summed E-state index contributed by atoms with van der Waals surface area (Å²) >= 11 is 1.18. The van der Waals surface area contributed by atoms with E-state index in [0.717, 1.165) is 22.3 Å². The Bertz CT molecular complexity index is 1520. The second kappa shape index (κ2) is 10.9. The summed E-state index contributed by atoms with van der Waals surface area (Å²) in [6.45, 7) is 0. The summed E-state index contributed by atoms with van der Waals surface area (Å²) in [4.78, 5) is 15.7. The van der Waals surface area contributed by atoms with Gasteiger partial charge in [0.05, 0.1) is 4.90 Å². The lowest BCUT2D eigenvalue weighted by atomic mass is 9.96. The molecule has 3 aromatic carbocycles. The topological polar surface area (TPSA) is 174 Å². The number of thioether (sulfide) groups is 1. The number of hydrogen-bond acceptors (Lipinski definition) is 7. The molecule has 0 aliphatic carbocycles. The van der Waals surface area contributed by atoms with Gasteiger partial charge in [0.25, 0.3) is 0 Å². The zero-order valence-electron chi connectivity index (χ0n) is 19.5. The van der Waals surface area contributed by atoms with Gasteiger partial charge in [-0.2, -0.15) is 0 Å². The normalized spacial score (nSPS) is 16.5. The van der Waals surface area contributed by atoms with Crippen LogP contribution in [0.5, 0.6) is 0 Å². The van der Waals surface area contributed by atoms with Crippen molar-refractivity contribution in [2.75, 3.05) is 0 Å². The summed E-state index contributed by atoms with van der Waals surface area (Å²) in [7, 11) is -3.83. The van der Waals surface area contributed by atoms with Gasteiger partial charge < -0.3 is 21.9 Å². The van der Waals surface area contributed by atoms with E-state index in [9.17, 15) is 18.3 Å². The minimum atomic E-state index is -3.83. The number of carboxylic acids is 1. The van der Waals surface area contributed by atoms with E-state index in [1.54, 1.807) is 12.1 Å². The number of carbonyl (C=O) groups is 1. The molecule has 0 bridgehead atoms. The minimum absolute atomic E-state index is 0.00853. The van der Waals surface area contributed by atoms with Crippen molar-refractivity contribution in [3.8, 4) is 11.1 Å². The SMILES string of the molecule is NC(=NC1NC(C(=O)O)=CS1)C(Cc1ccc(S(N)(=O)=O)cc1)=C(N)c1cccc(-c2ccccc2)c1. The van der Waals surface area contributed by atoms with Crippen LogP contribution in [-0.4, -0.2) is 30.8 Å². The summed E-state index contributed by atoms with van der Waals surface area (Å²) in [6.07, 6.45) is 0.248. The molecular weight excluding hydrogens is 510 g/mol. The fraction of sp³-hybridized carbons (Fsp3) is 0.0769. The molecule has 1 aliphatic rings. The zero-order valence-corrected chi connectivity index (χ0v) is 21.2. The number of sulfonamides is 1. The van der Waals surface area contributed by atoms with E-state index < -0.39 is 21.5 Å². The van der Waals surface area contributed by atoms with Gasteiger partial charge in [-0.25, -0.2) is 23.3 Å². The second-order valence-electron chi connectivity index (χ2n) is 8.19. The number of primary sulfonamides is 1. The lowest BCUT2D eigenvalue weighted by Crippen LogP contribution is -2.28. The molecule has 9 nitrogen and oxygen atoms in total. The molecule has 0 fully saturated rings. The molecule has 0 saturated heterocycles.